The van der Waals surface area contributed by atoms with Gasteiger partial charge in [-0.3, -0.25) is 9.35 Å². The van der Waals surface area contributed by atoms with Crippen molar-refractivity contribution < 1.29 is 32.4 Å². The lowest BCUT2D eigenvalue weighted by Crippen LogP contribution is -2.41. The predicted octanol–water partition coefficient (Wildman–Crippen LogP) is 2.25. The fourth-order valence-electron chi connectivity index (χ4n) is 4.28. The maximum atomic E-state index is 13.3. The molecular weight excluding hydrogens is 512 g/mol. The Labute approximate surface area is 212 Å². The summed E-state index contributed by atoms with van der Waals surface area (Å²) < 4.78 is 38.4. The molecule has 13 heteroatoms. The third-order valence-corrected chi connectivity index (χ3v) is 7.63. The fraction of sp³-hybridized carbons (Fsp3) is 0.348. The fourth-order valence-corrected chi connectivity index (χ4v) is 5.04. The number of hydrogen-bond acceptors (Lipinski definition) is 9. The number of furan rings is 1. The van der Waals surface area contributed by atoms with Crippen LogP contribution < -0.4 is 5.32 Å². The summed E-state index contributed by atoms with van der Waals surface area (Å²) >= 11 is 6.05. The molecule has 1 aromatic carbocycles. The first-order valence-corrected chi connectivity index (χ1v) is 12.7. The molecular formula is C23H25ClN4O7S. The van der Waals surface area contributed by atoms with Gasteiger partial charge in [-0.15, -0.1) is 0 Å². The van der Waals surface area contributed by atoms with Gasteiger partial charge in [-0.1, -0.05) is 23.7 Å². The molecule has 0 amide bonds. The number of ketones is 1. The number of halogens is 1. The van der Waals surface area contributed by atoms with E-state index in [1.54, 1.807) is 31.2 Å². The van der Waals surface area contributed by atoms with Crippen LogP contribution in [0.5, 0.6) is 0 Å². The Kier molecular flexibility index (Phi) is 7.19. The SMILES string of the molecule is CN([C@@H]1C[C@@H](Nc2ncncc2C(=O)c2cc([C@@](C)(O)c3cccc(Cl)c3)co2)C[C@@H]1O)S(=O)(=O)O. The predicted molar refractivity (Wildman–Crippen MR) is 130 cm³/mol. The smallest absolute Gasteiger partial charge is 0.335 e. The molecule has 0 bridgehead atoms. The largest absolute Gasteiger partial charge is 0.460 e. The number of aromatic nitrogens is 2. The number of carbonyl (C=O) groups is 1. The van der Waals surface area contributed by atoms with Crippen LogP contribution in [-0.2, 0) is 15.9 Å². The standard InChI is InChI=1S/C23H25ClN4O7S/c1-23(31,13-4-3-5-15(24)6-13)14-7-20(35-11-14)21(30)17-10-25-12-26-22(17)27-16-8-18(19(29)9-16)28(2)36(32,33)34/h3-7,10-12,16,18-19,29,31H,8-9H2,1-2H3,(H,25,26,27)(H,32,33,34)/t16-,18-,19+,23+/m1/s1. The maximum Gasteiger partial charge on any atom is 0.335 e. The van der Waals surface area contributed by atoms with Crippen molar-refractivity contribution in [3.05, 3.63) is 76.6 Å². The van der Waals surface area contributed by atoms with Gasteiger partial charge in [0.25, 0.3) is 0 Å². The van der Waals surface area contributed by atoms with E-state index in [1.807, 2.05) is 0 Å². The molecule has 2 heterocycles. The molecule has 4 rings (SSSR count). The lowest BCUT2D eigenvalue weighted by molar-refractivity contribution is 0.100. The van der Waals surface area contributed by atoms with E-state index in [9.17, 15) is 28.0 Å². The van der Waals surface area contributed by atoms with E-state index in [2.05, 4.69) is 15.3 Å². The second kappa shape index (κ2) is 9.88. The summed E-state index contributed by atoms with van der Waals surface area (Å²) in [4.78, 5) is 21.3. The van der Waals surface area contributed by atoms with Gasteiger partial charge in [0.1, 0.15) is 17.7 Å². The highest BCUT2D eigenvalue weighted by Gasteiger charge is 2.40. The minimum Gasteiger partial charge on any atom is -0.460 e. The molecule has 4 N–H and O–H groups in total. The number of anilines is 1. The number of rotatable bonds is 8. The molecule has 0 spiro atoms. The lowest BCUT2D eigenvalue weighted by atomic mass is 9.90. The number of carbonyl (C=O) groups excluding carboxylic acids is 1. The topological polar surface area (TPSA) is 166 Å². The van der Waals surface area contributed by atoms with Crippen LogP contribution in [0.3, 0.4) is 0 Å². The van der Waals surface area contributed by atoms with Crippen molar-refractivity contribution in [1.29, 1.82) is 0 Å². The van der Waals surface area contributed by atoms with Gasteiger partial charge >= 0.3 is 10.3 Å². The highest BCUT2D eigenvalue weighted by Crippen LogP contribution is 2.33. The third-order valence-electron chi connectivity index (χ3n) is 6.40. The lowest BCUT2D eigenvalue weighted by Gasteiger charge is -2.23. The van der Waals surface area contributed by atoms with Crippen molar-refractivity contribution in [2.24, 2.45) is 0 Å². The summed E-state index contributed by atoms with van der Waals surface area (Å²) in [6.45, 7) is 1.56. The Bertz CT molecular complexity index is 1380. The van der Waals surface area contributed by atoms with Crippen molar-refractivity contribution in [1.82, 2.24) is 14.3 Å². The molecule has 11 nitrogen and oxygen atoms in total. The van der Waals surface area contributed by atoms with Gasteiger partial charge in [-0.25, -0.2) is 9.97 Å². The quantitative estimate of drug-likeness (QED) is 0.247. The number of likely N-dealkylation sites (N-methyl/N-ethyl adjacent to an activating group) is 1. The van der Waals surface area contributed by atoms with Crippen LogP contribution in [-0.4, -0.2) is 68.5 Å². The molecule has 1 fully saturated rings. The van der Waals surface area contributed by atoms with Crippen LogP contribution in [0.4, 0.5) is 5.82 Å². The van der Waals surface area contributed by atoms with E-state index in [0.29, 0.717) is 20.5 Å². The first-order valence-electron chi connectivity index (χ1n) is 10.9. The number of nitrogens with one attached hydrogen (secondary N) is 1. The van der Waals surface area contributed by atoms with Crippen molar-refractivity contribution in [3.8, 4) is 0 Å². The Morgan fingerprint density at radius 2 is 2.03 bits per heavy atom. The van der Waals surface area contributed by atoms with Crippen LogP contribution >= 0.6 is 11.6 Å². The second-order valence-corrected chi connectivity index (χ2v) is 10.7. The van der Waals surface area contributed by atoms with Crippen LogP contribution in [0.1, 0.15) is 47.0 Å². The normalized spacial score (nSPS) is 21.9. The van der Waals surface area contributed by atoms with Gasteiger partial charge in [-0.05, 0) is 43.5 Å². The van der Waals surface area contributed by atoms with Crippen molar-refractivity contribution >= 4 is 33.5 Å². The van der Waals surface area contributed by atoms with Gasteiger partial charge in [0.05, 0.1) is 24.0 Å². The number of nitrogens with zero attached hydrogens (tertiary/aromatic N) is 3. The Morgan fingerprint density at radius 3 is 2.72 bits per heavy atom. The first kappa shape index (κ1) is 26.2. The maximum absolute atomic E-state index is 13.3. The van der Waals surface area contributed by atoms with E-state index in [0.717, 1.165) is 0 Å². The summed E-state index contributed by atoms with van der Waals surface area (Å²) in [5, 5.41) is 24.9. The minimum atomic E-state index is -4.48. The van der Waals surface area contributed by atoms with Gasteiger partial charge < -0.3 is 19.9 Å². The number of aliphatic hydroxyl groups excluding tert-OH is 1. The summed E-state index contributed by atoms with van der Waals surface area (Å²) in [6, 6.07) is 6.85. The van der Waals surface area contributed by atoms with Crippen molar-refractivity contribution in [2.75, 3.05) is 12.4 Å². The van der Waals surface area contributed by atoms with Gasteiger partial charge in [0, 0.05) is 29.9 Å². The number of aliphatic hydroxyl groups is 2. The monoisotopic (exact) mass is 536 g/mol. The highest BCUT2D eigenvalue weighted by atomic mass is 35.5. The van der Waals surface area contributed by atoms with E-state index in [-0.39, 0.29) is 30.0 Å². The third kappa shape index (κ3) is 5.28. The summed E-state index contributed by atoms with van der Waals surface area (Å²) in [5.74, 6) is -0.432. The van der Waals surface area contributed by atoms with Crippen molar-refractivity contribution in [3.63, 3.8) is 0 Å². The molecule has 0 radical (unpaired) electrons. The summed E-state index contributed by atoms with van der Waals surface area (Å²) in [6.07, 6.45) is 3.13. The highest BCUT2D eigenvalue weighted by molar-refractivity contribution is 7.83. The molecule has 0 saturated heterocycles. The second-order valence-electron chi connectivity index (χ2n) is 8.84. The Hall–Kier alpha value is -2.87. The number of hydrogen-bond donors (Lipinski definition) is 4. The van der Waals surface area contributed by atoms with Gasteiger partial charge in [0.2, 0.25) is 5.78 Å². The number of benzene rings is 1. The molecule has 1 aliphatic rings. The van der Waals surface area contributed by atoms with E-state index >= 15 is 0 Å². The molecule has 0 unspecified atom stereocenters. The zero-order valence-electron chi connectivity index (χ0n) is 19.4. The Morgan fingerprint density at radius 1 is 1.28 bits per heavy atom. The van der Waals surface area contributed by atoms with Crippen LogP contribution in [0, 0.1) is 0 Å². The summed E-state index contributed by atoms with van der Waals surface area (Å²) in [5.41, 5.74) is -0.532. The molecule has 1 aliphatic carbocycles. The molecule has 0 aliphatic heterocycles. The molecule has 3 aromatic rings. The first-order chi connectivity index (χ1) is 16.9. The minimum absolute atomic E-state index is 0.0550. The molecule has 1 saturated carbocycles. The molecule has 4 atom stereocenters. The van der Waals surface area contributed by atoms with Crippen LogP contribution in [0.25, 0.3) is 0 Å². The van der Waals surface area contributed by atoms with Crippen LogP contribution in [0.2, 0.25) is 5.02 Å². The van der Waals surface area contributed by atoms with Crippen molar-refractivity contribution in [2.45, 2.75) is 43.6 Å². The van der Waals surface area contributed by atoms with Crippen LogP contribution in [0.15, 0.2) is 53.5 Å². The zero-order valence-corrected chi connectivity index (χ0v) is 20.9. The van der Waals surface area contributed by atoms with Gasteiger partial charge in [-0.2, -0.15) is 12.7 Å². The average molecular weight is 537 g/mol. The summed E-state index contributed by atoms with van der Waals surface area (Å²) in [7, 11) is -3.30. The van der Waals surface area contributed by atoms with E-state index < -0.39 is 39.9 Å². The molecule has 2 aromatic heterocycles. The Balaban J connectivity index is 1.55. The molecule has 192 valence electrons. The average Bonchev–Trinajstić information content (AvgIpc) is 3.45. The van der Waals surface area contributed by atoms with E-state index in [4.69, 9.17) is 16.0 Å². The molecule has 36 heavy (non-hydrogen) atoms. The zero-order chi connectivity index (χ0) is 26.3. The van der Waals surface area contributed by atoms with Gasteiger partial charge in [0.15, 0.2) is 5.76 Å². The van der Waals surface area contributed by atoms with E-state index in [1.165, 1.54) is 31.9 Å².